The van der Waals surface area contributed by atoms with Gasteiger partial charge in [-0.2, -0.15) is 5.10 Å². The number of nitrogen functional groups attached to an aromatic ring is 1. The fourth-order valence-electron chi connectivity index (χ4n) is 2.31. The van der Waals surface area contributed by atoms with Crippen molar-refractivity contribution in [3.8, 4) is 5.75 Å². The Morgan fingerprint density at radius 3 is 2.54 bits per heavy atom. The zero-order valence-corrected chi connectivity index (χ0v) is 13.6. The number of anilines is 1. The van der Waals surface area contributed by atoms with Gasteiger partial charge in [-0.1, -0.05) is 30.3 Å². The molecule has 2 N–H and O–H groups in total. The molecule has 0 amide bonds. The van der Waals surface area contributed by atoms with Crippen LogP contribution in [-0.4, -0.2) is 22.5 Å². The maximum Gasteiger partial charge on any atom is 0.221 e. The van der Waals surface area contributed by atoms with E-state index in [1.54, 1.807) is 17.1 Å². The Morgan fingerprint density at radius 2 is 1.88 bits per heavy atom. The first kappa shape index (κ1) is 15.8. The van der Waals surface area contributed by atoms with Gasteiger partial charge < -0.3 is 10.5 Å². The van der Waals surface area contributed by atoms with Gasteiger partial charge in [0.15, 0.2) is 0 Å². The van der Waals surface area contributed by atoms with E-state index in [9.17, 15) is 0 Å². The number of nitrogens with two attached hydrogens (primary N) is 1. The molecule has 0 fully saturated rings. The largest absolute Gasteiger partial charge is 0.493 e. The van der Waals surface area contributed by atoms with Gasteiger partial charge in [-0.05, 0) is 42.3 Å². The number of hydrogen-bond acceptors (Lipinski definition) is 4. The highest BCUT2D eigenvalue weighted by atomic mass is 16.5. The summed E-state index contributed by atoms with van der Waals surface area (Å²) in [4.78, 5) is 4.10. The Balaban J connectivity index is 1.54. The Bertz CT molecular complexity index is 807. The molecule has 0 unspecified atom stereocenters. The monoisotopic (exact) mass is 320 g/mol. The minimum absolute atomic E-state index is 0.379. The molecule has 0 bridgehead atoms. The van der Waals surface area contributed by atoms with Crippen molar-refractivity contribution >= 4 is 12.2 Å². The summed E-state index contributed by atoms with van der Waals surface area (Å²) in [6.07, 6.45) is 4.42. The second-order valence-corrected chi connectivity index (χ2v) is 5.48. The first-order valence-corrected chi connectivity index (χ1v) is 7.83. The standard InChI is InChI=1S/C19H20N4O/c1-15-14-23(19(20)22-15)21-13-17-7-9-18(10-8-17)24-12-11-16-5-3-2-4-6-16/h2-10,13-14H,11-12H2,1H3,(H2,20,22). The molecule has 1 heterocycles. The van der Waals surface area contributed by atoms with E-state index >= 15 is 0 Å². The molecule has 0 radical (unpaired) electrons. The lowest BCUT2D eigenvalue weighted by atomic mass is 10.2. The summed E-state index contributed by atoms with van der Waals surface area (Å²) in [5.74, 6) is 1.23. The number of nitrogens with zero attached hydrogens (tertiary/aromatic N) is 3. The molecular weight excluding hydrogens is 300 g/mol. The average molecular weight is 320 g/mol. The van der Waals surface area contributed by atoms with Crippen LogP contribution in [0.4, 0.5) is 5.95 Å². The second-order valence-electron chi connectivity index (χ2n) is 5.48. The summed E-state index contributed by atoms with van der Waals surface area (Å²) in [6, 6.07) is 18.1. The fraction of sp³-hybridized carbons (Fsp3) is 0.158. The average Bonchev–Trinajstić information content (AvgIpc) is 2.93. The molecule has 2 aromatic carbocycles. The van der Waals surface area contributed by atoms with Crippen LogP contribution >= 0.6 is 0 Å². The van der Waals surface area contributed by atoms with Crippen LogP contribution in [0.1, 0.15) is 16.8 Å². The van der Waals surface area contributed by atoms with Crippen molar-refractivity contribution in [2.24, 2.45) is 5.10 Å². The smallest absolute Gasteiger partial charge is 0.221 e. The SMILES string of the molecule is Cc1cn(N=Cc2ccc(OCCc3ccccc3)cc2)c(N)n1. The topological polar surface area (TPSA) is 65.4 Å². The normalized spacial score (nSPS) is 11.0. The van der Waals surface area contributed by atoms with Gasteiger partial charge in [0, 0.05) is 6.42 Å². The van der Waals surface area contributed by atoms with Crippen molar-refractivity contribution in [1.82, 2.24) is 9.66 Å². The molecule has 0 aliphatic rings. The van der Waals surface area contributed by atoms with Crippen LogP contribution in [0.5, 0.6) is 5.75 Å². The number of ether oxygens (including phenoxy) is 1. The summed E-state index contributed by atoms with van der Waals surface area (Å²) < 4.78 is 7.33. The molecule has 0 saturated carbocycles. The first-order chi connectivity index (χ1) is 11.7. The molecule has 5 nitrogen and oxygen atoms in total. The van der Waals surface area contributed by atoms with Crippen molar-refractivity contribution < 1.29 is 4.74 Å². The van der Waals surface area contributed by atoms with Gasteiger partial charge in [0.1, 0.15) is 5.75 Å². The predicted octanol–water partition coefficient (Wildman–Crippen LogP) is 3.28. The highest BCUT2D eigenvalue weighted by molar-refractivity contribution is 5.79. The summed E-state index contributed by atoms with van der Waals surface area (Å²) in [5, 5.41) is 4.29. The Kier molecular flexibility index (Phi) is 4.91. The van der Waals surface area contributed by atoms with Crippen LogP contribution in [0, 0.1) is 6.92 Å². The predicted molar refractivity (Wildman–Crippen MR) is 96.5 cm³/mol. The summed E-state index contributed by atoms with van der Waals surface area (Å²) in [6.45, 7) is 2.53. The fourth-order valence-corrected chi connectivity index (χ4v) is 2.31. The Hall–Kier alpha value is -3.08. The zero-order chi connectivity index (χ0) is 16.8. The van der Waals surface area contributed by atoms with Gasteiger partial charge in [-0.25, -0.2) is 9.66 Å². The van der Waals surface area contributed by atoms with Gasteiger partial charge >= 0.3 is 0 Å². The molecule has 1 aromatic heterocycles. The van der Waals surface area contributed by atoms with Gasteiger partial charge in [-0.15, -0.1) is 0 Å². The lowest BCUT2D eigenvalue weighted by molar-refractivity contribution is 0.322. The first-order valence-electron chi connectivity index (χ1n) is 7.83. The summed E-state index contributed by atoms with van der Waals surface area (Å²) >= 11 is 0. The molecule has 3 aromatic rings. The lowest BCUT2D eigenvalue weighted by Crippen LogP contribution is -2.01. The third kappa shape index (κ3) is 4.23. The van der Waals surface area contributed by atoms with Crippen LogP contribution in [0.25, 0.3) is 0 Å². The van der Waals surface area contributed by atoms with Crippen molar-refractivity contribution in [2.45, 2.75) is 13.3 Å². The van der Waals surface area contributed by atoms with Gasteiger partial charge in [0.25, 0.3) is 0 Å². The maximum absolute atomic E-state index is 5.77. The molecule has 0 spiro atoms. The number of aromatic nitrogens is 2. The lowest BCUT2D eigenvalue weighted by Gasteiger charge is -2.06. The van der Waals surface area contributed by atoms with Crippen LogP contribution in [0.15, 0.2) is 65.9 Å². The van der Waals surface area contributed by atoms with E-state index < -0.39 is 0 Å². The van der Waals surface area contributed by atoms with E-state index in [0.717, 1.165) is 23.4 Å². The van der Waals surface area contributed by atoms with Crippen molar-refractivity contribution in [1.29, 1.82) is 0 Å². The third-order valence-corrected chi connectivity index (χ3v) is 3.55. The van der Waals surface area contributed by atoms with E-state index in [4.69, 9.17) is 10.5 Å². The molecule has 0 atom stereocenters. The van der Waals surface area contributed by atoms with Crippen LogP contribution in [0.3, 0.4) is 0 Å². The van der Waals surface area contributed by atoms with Crippen LogP contribution in [-0.2, 0) is 6.42 Å². The van der Waals surface area contributed by atoms with E-state index in [1.807, 2.05) is 49.4 Å². The van der Waals surface area contributed by atoms with Crippen molar-refractivity contribution in [3.63, 3.8) is 0 Å². The van der Waals surface area contributed by atoms with Crippen molar-refractivity contribution in [2.75, 3.05) is 12.3 Å². The second kappa shape index (κ2) is 7.46. The zero-order valence-electron chi connectivity index (χ0n) is 13.6. The molecule has 3 rings (SSSR count). The third-order valence-electron chi connectivity index (χ3n) is 3.55. The molecule has 0 saturated heterocycles. The number of benzene rings is 2. The molecule has 122 valence electrons. The van der Waals surface area contributed by atoms with Crippen LogP contribution < -0.4 is 10.5 Å². The molecule has 0 aliphatic heterocycles. The Morgan fingerprint density at radius 1 is 1.12 bits per heavy atom. The quantitative estimate of drug-likeness (QED) is 0.709. The van der Waals surface area contributed by atoms with Crippen molar-refractivity contribution in [3.05, 3.63) is 77.6 Å². The minimum Gasteiger partial charge on any atom is -0.493 e. The number of imidazole rings is 1. The summed E-state index contributed by atoms with van der Waals surface area (Å²) in [7, 11) is 0. The van der Waals surface area contributed by atoms with Gasteiger partial charge in [0.2, 0.25) is 5.95 Å². The minimum atomic E-state index is 0.379. The maximum atomic E-state index is 5.77. The van der Waals surface area contributed by atoms with E-state index in [2.05, 4.69) is 22.2 Å². The highest BCUT2D eigenvalue weighted by Crippen LogP contribution is 2.12. The van der Waals surface area contributed by atoms with E-state index in [-0.39, 0.29) is 0 Å². The highest BCUT2D eigenvalue weighted by Gasteiger charge is 1.99. The molecule has 5 heteroatoms. The van der Waals surface area contributed by atoms with E-state index in [1.165, 1.54) is 5.56 Å². The van der Waals surface area contributed by atoms with Crippen LogP contribution in [0.2, 0.25) is 0 Å². The van der Waals surface area contributed by atoms with E-state index in [0.29, 0.717) is 12.6 Å². The number of rotatable bonds is 6. The molecule has 0 aliphatic carbocycles. The number of aryl methyl sites for hydroxylation is 1. The number of hydrogen-bond donors (Lipinski definition) is 1. The molecule has 24 heavy (non-hydrogen) atoms. The molecular formula is C19H20N4O. The van der Waals surface area contributed by atoms with Gasteiger partial charge in [0.05, 0.1) is 24.7 Å². The van der Waals surface area contributed by atoms with Gasteiger partial charge in [-0.3, -0.25) is 0 Å². The Labute approximate surface area is 141 Å². The summed E-state index contributed by atoms with van der Waals surface area (Å²) in [5.41, 5.74) is 8.83.